The monoisotopic (exact) mass is 213 g/mol. The van der Waals surface area contributed by atoms with Crippen LogP contribution >= 0.6 is 0 Å². The Hall–Kier alpha value is -0.0400. The second-order valence-electron chi connectivity index (χ2n) is 5.47. The molecule has 0 amide bonds. The van der Waals surface area contributed by atoms with Gasteiger partial charge >= 0.3 is 0 Å². The van der Waals surface area contributed by atoms with Crippen molar-refractivity contribution in [2.75, 3.05) is 0 Å². The molecule has 0 aromatic carbocycles. The number of aliphatic hydroxyl groups is 1. The van der Waals surface area contributed by atoms with Gasteiger partial charge in [0.15, 0.2) is 0 Å². The molecule has 1 heteroatoms. The predicted molar refractivity (Wildman–Crippen MR) is 67.6 cm³/mol. The molecular formula is C14H29O. The van der Waals surface area contributed by atoms with Crippen LogP contribution in [-0.2, 0) is 0 Å². The minimum atomic E-state index is -0.541. The lowest BCUT2D eigenvalue weighted by atomic mass is 9.80. The average Bonchev–Trinajstić information content (AvgIpc) is 2.15. The first-order valence-electron chi connectivity index (χ1n) is 6.38. The Morgan fingerprint density at radius 3 is 2.00 bits per heavy atom. The summed E-state index contributed by atoms with van der Waals surface area (Å²) < 4.78 is 0. The van der Waals surface area contributed by atoms with Gasteiger partial charge in [-0.3, -0.25) is 0 Å². The zero-order valence-corrected chi connectivity index (χ0v) is 11.4. The van der Waals surface area contributed by atoms with Gasteiger partial charge < -0.3 is 5.11 Å². The summed E-state index contributed by atoms with van der Waals surface area (Å²) in [6.45, 7) is 12.8. The van der Waals surface area contributed by atoms with Crippen LogP contribution in [0.15, 0.2) is 0 Å². The molecule has 3 atom stereocenters. The molecule has 1 radical (unpaired) electrons. The van der Waals surface area contributed by atoms with Gasteiger partial charge in [0, 0.05) is 0 Å². The molecule has 0 heterocycles. The fourth-order valence-corrected chi connectivity index (χ4v) is 1.94. The lowest BCUT2D eigenvalue weighted by Crippen LogP contribution is -2.31. The molecule has 0 aromatic heterocycles. The lowest BCUT2D eigenvalue weighted by Gasteiger charge is -2.30. The van der Waals surface area contributed by atoms with Gasteiger partial charge in [0.05, 0.1) is 5.60 Å². The number of rotatable bonds is 7. The molecule has 1 N–H and O–H groups in total. The normalized spacial score (nSPS) is 18.6. The maximum Gasteiger partial charge on any atom is 0.0619 e. The van der Waals surface area contributed by atoms with Crippen molar-refractivity contribution in [3.63, 3.8) is 0 Å². The first kappa shape index (κ1) is 15.0. The van der Waals surface area contributed by atoms with Crippen molar-refractivity contribution in [1.29, 1.82) is 0 Å². The summed E-state index contributed by atoms with van der Waals surface area (Å²) in [6, 6.07) is 0. The van der Waals surface area contributed by atoms with Crippen LogP contribution in [0, 0.1) is 24.2 Å². The zero-order valence-electron chi connectivity index (χ0n) is 11.4. The second-order valence-corrected chi connectivity index (χ2v) is 5.47. The zero-order chi connectivity index (χ0) is 12.1. The van der Waals surface area contributed by atoms with E-state index in [1.165, 1.54) is 6.42 Å². The maximum atomic E-state index is 9.97. The number of hydrogen-bond acceptors (Lipinski definition) is 1. The minimum absolute atomic E-state index is 0.393. The molecule has 0 bridgehead atoms. The molecule has 15 heavy (non-hydrogen) atoms. The summed E-state index contributed by atoms with van der Waals surface area (Å²) in [7, 11) is 0. The van der Waals surface area contributed by atoms with E-state index < -0.39 is 5.60 Å². The molecule has 91 valence electrons. The van der Waals surface area contributed by atoms with Gasteiger partial charge in [0.1, 0.15) is 0 Å². The molecule has 0 aliphatic heterocycles. The Morgan fingerprint density at radius 1 is 1.13 bits per heavy atom. The smallest absolute Gasteiger partial charge is 0.0619 e. The lowest BCUT2D eigenvalue weighted by molar-refractivity contribution is 0.0137. The molecule has 0 saturated carbocycles. The molecule has 0 aliphatic rings. The predicted octanol–water partition coefficient (Wildman–Crippen LogP) is 4.06. The van der Waals surface area contributed by atoms with Crippen molar-refractivity contribution in [2.45, 2.75) is 66.4 Å². The Balaban J connectivity index is 4.01. The molecular weight excluding hydrogens is 184 g/mol. The second kappa shape index (κ2) is 6.52. The molecule has 1 nitrogen and oxygen atoms in total. The first-order chi connectivity index (χ1) is 6.82. The summed E-state index contributed by atoms with van der Waals surface area (Å²) >= 11 is 0. The number of hydrogen-bond donors (Lipinski definition) is 1. The van der Waals surface area contributed by atoms with Crippen molar-refractivity contribution in [3.05, 3.63) is 6.42 Å². The Labute approximate surface area is 96.3 Å². The third kappa shape index (κ3) is 5.55. The van der Waals surface area contributed by atoms with Crippen LogP contribution in [0.3, 0.4) is 0 Å². The van der Waals surface area contributed by atoms with E-state index >= 15 is 0 Å². The van der Waals surface area contributed by atoms with E-state index in [0.29, 0.717) is 11.8 Å². The topological polar surface area (TPSA) is 20.2 Å². The van der Waals surface area contributed by atoms with E-state index in [0.717, 1.165) is 18.8 Å². The van der Waals surface area contributed by atoms with E-state index in [2.05, 4.69) is 34.1 Å². The van der Waals surface area contributed by atoms with Gasteiger partial charge in [-0.2, -0.15) is 0 Å². The van der Waals surface area contributed by atoms with Crippen LogP contribution in [0.2, 0.25) is 0 Å². The summed E-state index contributed by atoms with van der Waals surface area (Å²) in [5.41, 5.74) is -0.541. The SMILES string of the molecule is CCC(C)C(C)[CH]CC(CC)C(C)(C)O. The van der Waals surface area contributed by atoms with Crippen LogP contribution in [-0.4, -0.2) is 10.7 Å². The van der Waals surface area contributed by atoms with Crippen molar-refractivity contribution in [3.8, 4) is 0 Å². The molecule has 0 rings (SSSR count). The molecule has 3 unspecified atom stereocenters. The van der Waals surface area contributed by atoms with Gasteiger partial charge in [0.25, 0.3) is 0 Å². The van der Waals surface area contributed by atoms with E-state index in [1.54, 1.807) is 0 Å². The Kier molecular flexibility index (Phi) is 6.51. The highest BCUT2D eigenvalue weighted by Gasteiger charge is 2.25. The maximum absolute atomic E-state index is 9.97. The van der Waals surface area contributed by atoms with Gasteiger partial charge in [-0.05, 0) is 44.4 Å². The van der Waals surface area contributed by atoms with E-state index in [1.807, 2.05) is 13.8 Å². The molecule has 0 aromatic rings. The molecule has 0 spiro atoms. The van der Waals surface area contributed by atoms with Crippen LogP contribution in [0.5, 0.6) is 0 Å². The fraction of sp³-hybridized carbons (Fsp3) is 0.929. The minimum Gasteiger partial charge on any atom is -0.390 e. The third-order valence-corrected chi connectivity index (χ3v) is 3.83. The quantitative estimate of drug-likeness (QED) is 0.676. The third-order valence-electron chi connectivity index (χ3n) is 3.83. The molecule has 0 aliphatic carbocycles. The Bertz CT molecular complexity index is 157. The van der Waals surface area contributed by atoms with Crippen molar-refractivity contribution in [2.24, 2.45) is 17.8 Å². The summed E-state index contributed by atoms with van der Waals surface area (Å²) in [4.78, 5) is 0. The Morgan fingerprint density at radius 2 is 1.67 bits per heavy atom. The van der Waals surface area contributed by atoms with Crippen LogP contribution in [0.4, 0.5) is 0 Å². The van der Waals surface area contributed by atoms with E-state index in [4.69, 9.17) is 0 Å². The first-order valence-corrected chi connectivity index (χ1v) is 6.38. The van der Waals surface area contributed by atoms with E-state index in [-0.39, 0.29) is 0 Å². The average molecular weight is 213 g/mol. The van der Waals surface area contributed by atoms with Gasteiger partial charge in [-0.15, -0.1) is 0 Å². The van der Waals surface area contributed by atoms with Crippen molar-refractivity contribution >= 4 is 0 Å². The fourth-order valence-electron chi connectivity index (χ4n) is 1.94. The summed E-state index contributed by atoms with van der Waals surface area (Å²) in [5, 5.41) is 9.97. The molecule has 0 fully saturated rings. The van der Waals surface area contributed by atoms with Gasteiger partial charge in [0.2, 0.25) is 0 Å². The highest BCUT2D eigenvalue weighted by Crippen LogP contribution is 2.28. The summed E-state index contributed by atoms with van der Waals surface area (Å²) in [6.07, 6.45) is 5.70. The van der Waals surface area contributed by atoms with Gasteiger partial charge in [-0.1, -0.05) is 40.5 Å². The largest absolute Gasteiger partial charge is 0.390 e. The van der Waals surface area contributed by atoms with Gasteiger partial charge in [-0.25, -0.2) is 0 Å². The van der Waals surface area contributed by atoms with Crippen LogP contribution in [0.25, 0.3) is 0 Å². The highest BCUT2D eigenvalue weighted by molar-refractivity contribution is 4.85. The van der Waals surface area contributed by atoms with Crippen LogP contribution in [0.1, 0.15) is 60.8 Å². The highest BCUT2D eigenvalue weighted by atomic mass is 16.3. The van der Waals surface area contributed by atoms with Crippen molar-refractivity contribution < 1.29 is 5.11 Å². The van der Waals surface area contributed by atoms with Crippen LogP contribution < -0.4 is 0 Å². The molecule has 0 saturated heterocycles. The van der Waals surface area contributed by atoms with Crippen molar-refractivity contribution in [1.82, 2.24) is 0 Å². The van der Waals surface area contributed by atoms with E-state index in [9.17, 15) is 5.11 Å². The summed E-state index contributed by atoms with van der Waals surface area (Å²) in [5.74, 6) is 1.81. The standard InChI is InChI=1S/C14H29O/c1-7-11(3)12(4)9-10-13(8-2)14(5,6)15/h9,11-13,15H,7-8,10H2,1-6H3.